The molecule has 1 aromatic carbocycles. The number of nitrogens with one attached hydrogen (secondary N) is 1. The van der Waals surface area contributed by atoms with E-state index in [0.29, 0.717) is 35.7 Å². The highest BCUT2D eigenvalue weighted by atomic mass is 127. The Morgan fingerprint density at radius 3 is 2.68 bits per heavy atom. The summed E-state index contributed by atoms with van der Waals surface area (Å²) in [6.07, 6.45) is 1.11. The molecule has 1 fully saturated rings. The van der Waals surface area contributed by atoms with Crippen LogP contribution in [0.25, 0.3) is 0 Å². The van der Waals surface area contributed by atoms with Crippen molar-refractivity contribution in [1.29, 1.82) is 0 Å². The fraction of sp³-hybridized carbons (Fsp3) is 0.650. The molecule has 1 aliphatic heterocycles. The summed E-state index contributed by atoms with van der Waals surface area (Å²) in [6, 6.07) is 5.62. The number of guanidine groups is 1. The van der Waals surface area contributed by atoms with E-state index in [0.717, 1.165) is 44.2 Å². The monoisotopic (exact) mass is 543 g/mol. The first kappa shape index (κ1) is 25.8. The number of hydrogen-bond donors (Lipinski definition) is 1. The first-order valence-electron chi connectivity index (χ1n) is 9.60. The minimum atomic E-state index is 0. The molecule has 0 bridgehead atoms. The molecule has 1 N–H and O–H groups in total. The Labute approximate surface area is 196 Å². The maximum atomic E-state index is 6.34. The van der Waals surface area contributed by atoms with Gasteiger partial charge >= 0.3 is 0 Å². The third-order valence-electron chi connectivity index (χ3n) is 4.71. The molecule has 28 heavy (non-hydrogen) atoms. The summed E-state index contributed by atoms with van der Waals surface area (Å²) in [5.74, 6) is 1.63. The van der Waals surface area contributed by atoms with Gasteiger partial charge in [0.15, 0.2) is 5.96 Å². The fourth-order valence-electron chi connectivity index (χ4n) is 3.28. The van der Waals surface area contributed by atoms with Crippen LogP contribution in [0.3, 0.4) is 0 Å². The summed E-state index contributed by atoms with van der Waals surface area (Å²) in [6.45, 7) is 9.68. The van der Waals surface area contributed by atoms with Gasteiger partial charge in [-0.05, 0) is 31.0 Å². The van der Waals surface area contributed by atoms with Crippen LogP contribution in [-0.2, 0) is 9.47 Å². The fourth-order valence-corrected chi connectivity index (χ4v) is 4.05. The standard InChI is InChI=1S/C20H31Cl2N3O2.HI/c1-4-23-20(25-9-8-16(13-25)14-27-11-10-26-3)24-12-15(2)19-17(21)6-5-7-18(19)22;/h5-7,15-16H,4,8-14H2,1-3H3,(H,23,24);1H. The van der Waals surface area contributed by atoms with Gasteiger partial charge in [-0.3, -0.25) is 4.99 Å². The second kappa shape index (κ2) is 13.9. The van der Waals surface area contributed by atoms with E-state index in [1.54, 1.807) is 7.11 Å². The molecule has 8 heteroatoms. The van der Waals surface area contributed by atoms with E-state index in [4.69, 9.17) is 37.7 Å². The average molecular weight is 544 g/mol. The van der Waals surface area contributed by atoms with Crippen molar-refractivity contribution in [3.8, 4) is 0 Å². The van der Waals surface area contributed by atoms with E-state index in [9.17, 15) is 0 Å². The number of aliphatic imine (C=N–C) groups is 1. The van der Waals surface area contributed by atoms with Crippen molar-refractivity contribution in [1.82, 2.24) is 10.2 Å². The Morgan fingerprint density at radius 1 is 1.32 bits per heavy atom. The number of ether oxygens (including phenoxy) is 2. The van der Waals surface area contributed by atoms with E-state index >= 15 is 0 Å². The molecule has 1 aromatic rings. The zero-order chi connectivity index (χ0) is 19.6. The van der Waals surface area contributed by atoms with Crippen LogP contribution < -0.4 is 5.32 Å². The zero-order valence-corrected chi connectivity index (χ0v) is 20.8. The highest BCUT2D eigenvalue weighted by Gasteiger charge is 2.25. The summed E-state index contributed by atoms with van der Waals surface area (Å²) < 4.78 is 10.7. The van der Waals surface area contributed by atoms with Crippen molar-refractivity contribution in [3.05, 3.63) is 33.8 Å². The minimum Gasteiger partial charge on any atom is -0.382 e. The van der Waals surface area contributed by atoms with Crippen LogP contribution in [0.1, 0.15) is 31.7 Å². The number of benzene rings is 1. The van der Waals surface area contributed by atoms with Crippen molar-refractivity contribution in [2.45, 2.75) is 26.2 Å². The normalized spacial score (nSPS) is 18.1. The molecule has 2 rings (SSSR count). The molecular formula is C20H32Cl2IN3O2. The second-order valence-corrected chi connectivity index (χ2v) is 7.71. The maximum Gasteiger partial charge on any atom is 0.193 e. The van der Waals surface area contributed by atoms with Gasteiger partial charge in [-0.25, -0.2) is 0 Å². The quantitative estimate of drug-likeness (QED) is 0.213. The SMILES string of the molecule is CCNC(=NCC(C)c1c(Cl)cccc1Cl)N1CCC(COCCOC)C1.I. The van der Waals surface area contributed by atoms with E-state index in [2.05, 4.69) is 24.1 Å². The van der Waals surface area contributed by atoms with Gasteiger partial charge in [-0.2, -0.15) is 0 Å². The van der Waals surface area contributed by atoms with Gasteiger partial charge in [-0.1, -0.05) is 36.2 Å². The van der Waals surface area contributed by atoms with Gasteiger partial charge in [0.1, 0.15) is 0 Å². The molecule has 0 spiro atoms. The molecular weight excluding hydrogens is 512 g/mol. The Bertz CT molecular complexity index is 599. The summed E-state index contributed by atoms with van der Waals surface area (Å²) in [7, 11) is 1.69. The van der Waals surface area contributed by atoms with Crippen LogP contribution in [0.2, 0.25) is 10.0 Å². The van der Waals surface area contributed by atoms with Gasteiger partial charge < -0.3 is 19.7 Å². The molecule has 1 aliphatic rings. The topological polar surface area (TPSA) is 46.1 Å². The molecule has 0 saturated carbocycles. The van der Waals surface area contributed by atoms with Gasteiger partial charge in [-0.15, -0.1) is 24.0 Å². The number of rotatable bonds is 9. The first-order chi connectivity index (χ1) is 13.1. The van der Waals surface area contributed by atoms with Crippen LogP contribution in [0.4, 0.5) is 0 Å². The molecule has 160 valence electrons. The molecule has 2 unspecified atom stereocenters. The molecule has 1 saturated heterocycles. The number of hydrogen-bond acceptors (Lipinski definition) is 3. The largest absolute Gasteiger partial charge is 0.382 e. The Morgan fingerprint density at radius 2 is 2.04 bits per heavy atom. The van der Waals surface area contributed by atoms with E-state index in [-0.39, 0.29) is 29.9 Å². The lowest BCUT2D eigenvalue weighted by atomic mass is 10.0. The molecule has 2 atom stereocenters. The minimum absolute atomic E-state index is 0. The molecule has 0 radical (unpaired) electrons. The number of methoxy groups -OCH3 is 1. The van der Waals surface area contributed by atoms with Crippen LogP contribution in [0, 0.1) is 5.92 Å². The van der Waals surface area contributed by atoms with Gasteiger partial charge in [0.05, 0.1) is 19.8 Å². The Kier molecular flexibility index (Phi) is 12.7. The Hall–Kier alpha value is -0.280. The van der Waals surface area contributed by atoms with Crippen molar-refractivity contribution < 1.29 is 9.47 Å². The van der Waals surface area contributed by atoms with E-state index in [1.165, 1.54) is 0 Å². The lowest BCUT2D eigenvalue weighted by molar-refractivity contribution is 0.0536. The predicted molar refractivity (Wildman–Crippen MR) is 129 cm³/mol. The molecule has 5 nitrogen and oxygen atoms in total. The van der Waals surface area contributed by atoms with Crippen LogP contribution in [0.5, 0.6) is 0 Å². The third-order valence-corrected chi connectivity index (χ3v) is 5.37. The van der Waals surface area contributed by atoms with Crippen LogP contribution >= 0.6 is 47.2 Å². The van der Waals surface area contributed by atoms with Crippen LogP contribution in [0.15, 0.2) is 23.2 Å². The summed E-state index contributed by atoms with van der Waals surface area (Å²) in [4.78, 5) is 7.17. The number of nitrogens with zero attached hydrogens (tertiary/aromatic N) is 2. The summed E-state index contributed by atoms with van der Waals surface area (Å²) in [5, 5.41) is 4.80. The van der Waals surface area contributed by atoms with Crippen molar-refractivity contribution in [2.75, 3.05) is 53.1 Å². The molecule has 1 heterocycles. The van der Waals surface area contributed by atoms with Crippen LogP contribution in [-0.4, -0.2) is 64.0 Å². The Balaban J connectivity index is 0.00000392. The smallest absolute Gasteiger partial charge is 0.193 e. The molecule has 0 aliphatic carbocycles. The lowest BCUT2D eigenvalue weighted by Gasteiger charge is -2.23. The summed E-state index contributed by atoms with van der Waals surface area (Å²) in [5.41, 5.74) is 0.964. The summed E-state index contributed by atoms with van der Waals surface area (Å²) >= 11 is 12.7. The predicted octanol–water partition coefficient (Wildman–Crippen LogP) is 4.67. The first-order valence-corrected chi connectivity index (χ1v) is 10.4. The highest BCUT2D eigenvalue weighted by molar-refractivity contribution is 14.0. The number of halogens is 3. The molecule has 0 aromatic heterocycles. The van der Waals surface area contributed by atoms with Crippen molar-refractivity contribution in [3.63, 3.8) is 0 Å². The molecule has 0 amide bonds. The zero-order valence-electron chi connectivity index (χ0n) is 16.9. The maximum absolute atomic E-state index is 6.34. The van der Waals surface area contributed by atoms with Gasteiger partial charge in [0.2, 0.25) is 0 Å². The number of likely N-dealkylation sites (tertiary alicyclic amines) is 1. The second-order valence-electron chi connectivity index (χ2n) is 6.90. The van der Waals surface area contributed by atoms with Gasteiger partial charge in [0.25, 0.3) is 0 Å². The lowest BCUT2D eigenvalue weighted by Crippen LogP contribution is -2.40. The average Bonchev–Trinajstić information content (AvgIpc) is 3.11. The third kappa shape index (κ3) is 7.86. The van der Waals surface area contributed by atoms with E-state index in [1.807, 2.05) is 18.2 Å². The van der Waals surface area contributed by atoms with E-state index < -0.39 is 0 Å². The van der Waals surface area contributed by atoms with Gasteiger partial charge in [0, 0.05) is 55.2 Å². The highest BCUT2D eigenvalue weighted by Crippen LogP contribution is 2.31. The van der Waals surface area contributed by atoms with Crippen molar-refractivity contribution in [2.24, 2.45) is 10.9 Å². The van der Waals surface area contributed by atoms with Crippen molar-refractivity contribution >= 4 is 53.1 Å².